The lowest BCUT2D eigenvalue weighted by Gasteiger charge is -2.41. The summed E-state index contributed by atoms with van der Waals surface area (Å²) in [7, 11) is -5.17. The zero-order valence-corrected chi connectivity index (χ0v) is 39.8. The van der Waals surface area contributed by atoms with Gasteiger partial charge in [-0.1, -0.05) is 152 Å². The summed E-state index contributed by atoms with van der Waals surface area (Å²) in [5.41, 5.74) is 0. The number of hydrogen-bond acceptors (Lipinski definition) is 13. The number of carbonyl (C=O) groups is 2. The molecule has 0 aromatic rings. The Kier molecular flexibility index (Phi) is 35.9. The van der Waals surface area contributed by atoms with E-state index in [1.807, 2.05) is 12.2 Å². The van der Waals surface area contributed by atoms with Gasteiger partial charge in [0, 0.05) is 12.8 Å². The largest absolute Gasteiger partial charge is 0.472 e. The van der Waals surface area contributed by atoms with Crippen molar-refractivity contribution in [2.75, 3.05) is 13.2 Å². The van der Waals surface area contributed by atoms with Crippen molar-refractivity contribution in [2.45, 2.75) is 223 Å². The molecule has 1 saturated carbocycles. The van der Waals surface area contributed by atoms with Gasteiger partial charge in [-0.2, -0.15) is 0 Å². The lowest BCUT2D eigenvalue weighted by molar-refractivity contribution is -0.220. The van der Waals surface area contributed by atoms with Gasteiger partial charge >= 0.3 is 19.8 Å². The van der Waals surface area contributed by atoms with Crippen LogP contribution in [0.15, 0.2) is 60.8 Å². The van der Waals surface area contributed by atoms with Gasteiger partial charge in [-0.05, 0) is 70.6 Å². The van der Waals surface area contributed by atoms with E-state index in [2.05, 4.69) is 50.3 Å². The molecule has 9 atom stereocenters. The Morgan fingerprint density at radius 3 is 1.64 bits per heavy atom. The number of hydrogen-bond donors (Lipinski definition) is 7. The summed E-state index contributed by atoms with van der Waals surface area (Å²) >= 11 is 0. The van der Waals surface area contributed by atoms with E-state index >= 15 is 0 Å². The summed E-state index contributed by atoms with van der Waals surface area (Å²) in [4.78, 5) is 35.8. The number of ether oxygens (including phenoxy) is 2. The Bertz CT molecular complexity index is 1370. The van der Waals surface area contributed by atoms with Gasteiger partial charge in [-0.3, -0.25) is 18.6 Å². The van der Waals surface area contributed by atoms with Gasteiger partial charge in [-0.25, -0.2) is 4.57 Å². The summed E-state index contributed by atoms with van der Waals surface area (Å²) in [6, 6.07) is 0. The molecule has 1 fully saturated rings. The third-order valence-electron chi connectivity index (χ3n) is 10.9. The number of phosphoric ester groups is 1. The van der Waals surface area contributed by atoms with E-state index < -0.39 is 81.8 Å². The van der Waals surface area contributed by atoms with E-state index in [-0.39, 0.29) is 25.7 Å². The van der Waals surface area contributed by atoms with Gasteiger partial charge in [0.05, 0.1) is 12.7 Å². The average Bonchev–Trinajstić information content (AvgIpc) is 3.27. The standard InChI is InChI=1S/C49H85O14P/c1-3-5-7-9-11-13-15-17-18-19-20-22-24-26-28-30-32-36-43(52)62-41(39-61-64(58,59)63-49-47(56)45(54)44(53)46(55)48(49)57)38-60-42(51)37-33-35-40(50)34-31-29-27-25-23-21-16-14-12-10-8-6-4-2/h12,14,17-18,21,23,27,29,31,34,40-41,44-50,53-57H,3-11,13,15-16,19-20,22,24-26,28,30,32-33,35-39H2,1-2H3,(H,58,59)/b14-12-,18-17-,23-21-,29-27-,34-31+/t40-,41-,44?,45-,46+,47-,48-,49?/m1/s1. The first-order chi connectivity index (χ1) is 30.8. The highest BCUT2D eigenvalue weighted by molar-refractivity contribution is 7.47. The van der Waals surface area contributed by atoms with Crippen molar-refractivity contribution in [1.82, 2.24) is 0 Å². The smallest absolute Gasteiger partial charge is 0.462 e. The molecule has 14 nitrogen and oxygen atoms in total. The first kappa shape index (κ1) is 59.5. The SMILES string of the molecule is CCCCC/C=C\C/C=C\C/C=C\C=C\[C@@H](O)CCCC(=O)OC[C@H](COP(=O)(O)OC1[C@H](O)[C@H](O)C(O)[C@H](O)[C@H]1O)OC(=O)CCCCCCCCC/C=C\CCCCCCCC. The van der Waals surface area contributed by atoms with Gasteiger partial charge in [0.15, 0.2) is 6.10 Å². The quantitative estimate of drug-likeness (QED) is 0.0101. The molecule has 0 aromatic carbocycles. The molecule has 0 amide bonds. The molecule has 0 heterocycles. The highest BCUT2D eigenvalue weighted by atomic mass is 31.2. The first-order valence-corrected chi connectivity index (χ1v) is 25.7. The third-order valence-corrected chi connectivity index (χ3v) is 11.9. The van der Waals surface area contributed by atoms with E-state index in [1.165, 1.54) is 57.8 Å². The van der Waals surface area contributed by atoms with Crippen LogP contribution in [0.25, 0.3) is 0 Å². The molecule has 0 saturated heterocycles. The second-order valence-electron chi connectivity index (χ2n) is 16.8. The predicted octanol–water partition coefficient (Wildman–Crippen LogP) is 8.70. The maximum Gasteiger partial charge on any atom is 0.472 e. The van der Waals surface area contributed by atoms with Gasteiger partial charge in [0.25, 0.3) is 0 Å². The van der Waals surface area contributed by atoms with Crippen molar-refractivity contribution < 1.29 is 68.2 Å². The van der Waals surface area contributed by atoms with Crippen LogP contribution in [-0.2, 0) is 32.7 Å². The lowest BCUT2D eigenvalue weighted by atomic mass is 9.85. The Labute approximate surface area is 384 Å². The monoisotopic (exact) mass is 929 g/mol. The molecule has 7 N–H and O–H groups in total. The molecule has 1 aliphatic carbocycles. The Balaban J connectivity index is 2.53. The fraction of sp³-hybridized carbons (Fsp3) is 0.755. The van der Waals surface area contributed by atoms with Gasteiger partial charge < -0.3 is 45.0 Å². The number of allylic oxidation sites excluding steroid dienone is 9. The van der Waals surface area contributed by atoms with E-state index in [9.17, 15) is 49.7 Å². The van der Waals surface area contributed by atoms with Crippen LogP contribution in [0.2, 0.25) is 0 Å². The molecule has 64 heavy (non-hydrogen) atoms. The second kappa shape index (κ2) is 38.6. The predicted molar refractivity (Wildman–Crippen MR) is 250 cm³/mol. The number of aliphatic hydroxyl groups excluding tert-OH is 6. The minimum atomic E-state index is -5.17. The summed E-state index contributed by atoms with van der Waals surface area (Å²) in [6.45, 7) is 3.10. The zero-order valence-electron chi connectivity index (χ0n) is 38.9. The Hall–Kier alpha value is -2.49. The van der Waals surface area contributed by atoms with Crippen molar-refractivity contribution >= 4 is 19.8 Å². The number of carbonyl (C=O) groups excluding carboxylic acids is 2. The molecule has 15 heteroatoms. The molecule has 0 aliphatic heterocycles. The van der Waals surface area contributed by atoms with Crippen LogP contribution >= 0.6 is 7.82 Å². The molecular weight excluding hydrogens is 843 g/mol. The fourth-order valence-corrected chi connectivity index (χ4v) is 7.95. The van der Waals surface area contributed by atoms with Crippen molar-refractivity contribution in [2.24, 2.45) is 0 Å². The van der Waals surface area contributed by atoms with Gasteiger partial charge in [-0.15, -0.1) is 0 Å². The zero-order chi connectivity index (χ0) is 47.3. The summed E-state index contributed by atoms with van der Waals surface area (Å²) < 4.78 is 33.4. The second-order valence-corrected chi connectivity index (χ2v) is 18.2. The molecule has 370 valence electrons. The summed E-state index contributed by atoms with van der Waals surface area (Å²) in [5.74, 6) is -1.31. The van der Waals surface area contributed by atoms with Gasteiger partial charge in [0.1, 0.15) is 43.2 Å². The molecule has 0 radical (unpaired) electrons. The number of rotatable bonds is 39. The summed E-state index contributed by atoms with van der Waals surface area (Å²) in [5, 5.41) is 60.5. The van der Waals surface area contributed by atoms with Crippen LogP contribution in [-0.4, -0.2) is 110 Å². The first-order valence-electron chi connectivity index (χ1n) is 24.2. The average molecular weight is 929 g/mol. The maximum absolute atomic E-state index is 12.8. The van der Waals surface area contributed by atoms with Crippen LogP contribution in [0.1, 0.15) is 174 Å². The molecule has 0 aromatic heterocycles. The number of esters is 2. The van der Waals surface area contributed by atoms with Crippen molar-refractivity contribution in [3.8, 4) is 0 Å². The lowest BCUT2D eigenvalue weighted by Crippen LogP contribution is -2.64. The van der Waals surface area contributed by atoms with Gasteiger partial charge in [0.2, 0.25) is 0 Å². The van der Waals surface area contributed by atoms with E-state index in [1.54, 1.807) is 12.2 Å². The molecule has 0 spiro atoms. The topological polar surface area (TPSA) is 230 Å². The molecule has 3 unspecified atom stereocenters. The molecule has 1 rings (SSSR count). The minimum Gasteiger partial charge on any atom is -0.462 e. The third kappa shape index (κ3) is 30.7. The van der Waals surface area contributed by atoms with E-state index in [0.717, 1.165) is 70.6 Å². The minimum absolute atomic E-state index is 0.0494. The van der Waals surface area contributed by atoms with Crippen LogP contribution in [0.4, 0.5) is 0 Å². The van der Waals surface area contributed by atoms with Crippen molar-refractivity contribution in [1.29, 1.82) is 0 Å². The highest BCUT2D eigenvalue weighted by Gasteiger charge is 2.51. The highest BCUT2D eigenvalue weighted by Crippen LogP contribution is 2.47. The summed E-state index contributed by atoms with van der Waals surface area (Å²) in [6.07, 6.45) is 30.0. The van der Waals surface area contributed by atoms with Crippen LogP contribution < -0.4 is 0 Å². The van der Waals surface area contributed by atoms with Crippen molar-refractivity contribution in [3.05, 3.63) is 60.8 Å². The number of phosphoric acid groups is 1. The van der Waals surface area contributed by atoms with Crippen LogP contribution in [0.3, 0.4) is 0 Å². The normalized spacial score (nSPS) is 22.6. The van der Waals surface area contributed by atoms with Crippen molar-refractivity contribution in [3.63, 3.8) is 0 Å². The van der Waals surface area contributed by atoms with Crippen LogP contribution in [0, 0.1) is 0 Å². The molecular formula is C49H85O14P. The maximum atomic E-state index is 12.8. The molecule has 1 aliphatic rings. The van der Waals surface area contributed by atoms with E-state index in [4.69, 9.17) is 18.5 Å². The number of aliphatic hydroxyl groups is 6. The molecule has 0 bridgehead atoms. The number of unbranched alkanes of at least 4 members (excludes halogenated alkanes) is 16. The Morgan fingerprint density at radius 1 is 0.562 bits per heavy atom. The van der Waals surface area contributed by atoms with Crippen LogP contribution in [0.5, 0.6) is 0 Å². The van der Waals surface area contributed by atoms with E-state index in [0.29, 0.717) is 6.42 Å². The fourth-order valence-electron chi connectivity index (χ4n) is 6.97. The Morgan fingerprint density at radius 2 is 1.03 bits per heavy atom.